The summed E-state index contributed by atoms with van der Waals surface area (Å²) in [6.45, 7) is 2.93. The maximum Gasteiger partial charge on any atom is 0.319 e. The first kappa shape index (κ1) is 13.5. The van der Waals surface area contributed by atoms with E-state index in [1.807, 2.05) is 37.1 Å². The number of hydrogen-bond acceptors (Lipinski definition) is 5. The van der Waals surface area contributed by atoms with Crippen molar-refractivity contribution in [2.24, 2.45) is 0 Å². The van der Waals surface area contributed by atoms with Gasteiger partial charge in [-0.3, -0.25) is 9.69 Å². The number of hydrogen-bond donors (Lipinski definition) is 0. The number of carbonyl (C=O) groups excluding carboxylic acids is 1. The van der Waals surface area contributed by atoms with Gasteiger partial charge in [-0.2, -0.15) is 0 Å². The van der Waals surface area contributed by atoms with E-state index in [1.54, 1.807) is 0 Å². The fourth-order valence-electron chi connectivity index (χ4n) is 1.93. The van der Waals surface area contributed by atoms with E-state index in [-0.39, 0.29) is 5.97 Å². The molecule has 5 heteroatoms. The Labute approximate surface area is 112 Å². The Kier molecular flexibility index (Phi) is 4.16. The first-order chi connectivity index (χ1) is 9.08. The average Bonchev–Trinajstić information content (AvgIpc) is 2.75. The van der Waals surface area contributed by atoms with E-state index in [9.17, 15) is 4.79 Å². The monoisotopic (exact) mass is 262 g/mol. The van der Waals surface area contributed by atoms with Crippen molar-refractivity contribution in [3.8, 4) is 0 Å². The van der Waals surface area contributed by atoms with Crippen molar-refractivity contribution in [2.45, 2.75) is 13.3 Å². The van der Waals surface area contributed by atoms with E-state index < -0.39 is 0 Å². The van der Waals surface area contributed by atoms with Crippen LogP contribution in [-0.2, 0) is 16.0 Å². The number of methoxy groups -OCH3 is 1. The molecule has 0 aliphatic heterocycles. The summed E-state index contributed by atoms with van der Waals surface area (Å²) in [6, 6.07) is 5.99. The molecule has 5 nitrogen and oxygen atoms in total. The lowest BCUT2D eigenvalue weighted by molar-refractivity contribution is -0.141. The normalized spacial score (nSPS) is 11.2. The summed E-state index contributed by atoms with van der Waals surface area (Å²) in [4.78, 5) is 17.4. The van der Waals surface area contributed by atoms with Gasteiger partial charge in [0.15, 0.2) is 11.5 Å². The van der Waals surface area contributed by atoms with Crippen molar-refractivity contribution < 1.29 is 13.9 Å². The van der Waals surface area contributed by atoms with Crippen LogP contribution in [0.4, 0.5) is 0 Å². The number of likely N-dealkylation sites (N-methyl/N-ethyl adjacent to an activating group) is 1. The molecular weight excluding hydrogens is 244 g/mol. The summed E-state index contributed by atoms with van der Waals surface area (Å²) in [5, 5.41) is 0. The third-order valence-electron chi connectivity index (χ3n) is 2.97. The predicted molar refractivity (Wildman–Crippen MR) is 72.0 cm³/mol. The summed E-state index contributed by atoms with van der Waals surface area (Å²) in [5.74, 6) is 0.458. The van der Waals surface area contributed by atoms with Gasteiger partial charge in [-0.05, 0) is 31.2 Å². The van der Waals surface area contributed by atoms with Crippen molar-refractivity contribution >= 4 is 17.1 Å². The molecule has 0 saturated heterocycles. The molecule has 0 saturated carbocycles. The molecule has 102 valence electrons. The Hall–Kier alpha value is -1.88. The molecule has 2 rings (SSSR count). The van der Waals surface area contributed by atoms with Gasteiger partial charge in [0.25, 0.3) is 0 Å². The van der Waals surface area contributed by atoms with Crippen LogP contribution in [0.3, 0.4) is 0 Å². The van der Waals surface area contributed by atoms with Crippen LogP contribution in [0.15, 0.2) is 22.6 Å². The van der Waals surface area contributed by atoms with Gasteiger partial charge in [-0.15, -0.1) is 0 Å². The molecule has 2 aromatic rings. The highest BCUT2D eigenvalue weighted by molar-refractivity contribution is 5.73. The van der Waals surface area contributed by atoms with Crippen LogP contribution >= 0.6 is 0 Å². The third-order valence-corrected chi connectivity index (χ3v) is 2.97. The molecule has 0 atom stereocenters. The van der Waals surface area contributed by atoms with Gasteiger partial charge in [0, 0.05) is 13.5 Å². The Morgan fingerprint density at radius 3 is 3.00 bits per heavy atom. The first-order valence-electron chi connectivity index (χ1n) is 6.20. The molecule has 19 heavy (non-hydrogen) atoms. The summed E-state index contributed by atoms with van der Waals surface area (Å²) in [7, 11) is 3.30. The Bertz CT molecular complexity index is 577. The van der Waals surface area contributed by atoms with Crippen LogP contribution in [0.1, 0.15) is 11.5 Å². The molecule has 0 bridgehead atoms. The first-order valence-corrected chi connectivity index (χ1v) is 6.20. The molecule has 0 unspecified atom stereocenters. The number of benzene rings is 1. The van der Waals surface area contributed by atoms with Crippen molar-refractivity contribution in [3.63, 3.8) is 0 Å². The second kappa shape index (κ2) is 5.84. The van der Waals surface area contributed by atoms with E-state index in [0.29, 0.717) is 12.4 Å². The molecule has 0 amide bonds. The summed E-state index contributed by atoms with van der Waals surface area (Å²) >= 11 is 0. The maximum absolute atomic E-state index is 11.1. The van der Waals surface area contributed by atoms with Gasteiger partial charge >= 0.3 is 5.97 Å². The zero-order valence-corrected chi connectivity index (χ0v) is 11.5. The second-order valence-corrected chi connectivity index (χ2v) is 4.60. The minimum absolute atomic E-state index is 0.218. The molecule has 0 aliphatic rings. The van der Waals surface area contributed by atoms with E-state index in [0.717, 1.165) is 24.1 Å². The van der Waals surface area contributed by atoms with E-state index in [4.69, 9.17) is 4.42 Å². The van der Waals surface area contributed by atoms with Crippen LogP contribution in [0.25, 0.3) is 11.1 Å². The van der Waals surface area contributed by atoms with Crippen LogP contribution in [0.5, 0.6) is 0 Å². The highest BCUT2D eigenvalue weighted by Crippen LogP contribution is 2.17. The fraction of sp³-hybridized carbons (Fsp3) is 0.429. The molecule has 1 aromatic carbocycles. The standard InChI is InChI=1S/C14H18N2O3/c1-10-15-12-8-11(4-5-13(12)19-10)6-7-16(2)9-14(17)18-3/h4-5,8H,6-7,9H2,1-3H3. The van der Waals surface area contributed by atoms with E-state index >= 15 is 0 Å². The Morgan fingerprint density at radius 2 is 2.26 bits per heavy atom. The number of nitrogens with zero attached hydrogens (tertiary/aromatic N) is 2. The fourth-order valence-corrected chi connectivity index (χ4v) is 1.93. The average molecular weight is 262 g/mol. The van der Waals surface area contributed by atoms with E-state index in [1.165, 1.54) is 12.7 Å². The minimum atomic E-state index is -0.218. The van der Waals surface area contributed by atoms with E-state index in [2.05, 4.69) is 9.72 Å². The van der Waals surface area contributed by atoms with Crippen molar-refractivity contribution in [2.75, 3.05) is 27.2 Å². The molecule has 0 N–H and O–H groups in total. The number of oxazole rings is 1. The molecule has 1 heterocycles. The van der Waals surface area contributed by atoms with Gasteiger partial charge < -0.3 is 9.15 Å². The van der Waals surface area contributed by atoms with Crippen LogP contribution in [0.2, 0.25) is 0 Å². The highest BCUT2D eigenvalue weighted by atomic mass is 16.5. The predicted octanol–water partition coefficient (Wildman–Crippen LogP) is 1.78. The molecule has 1 aromatic heterocycles. The van der Waals surface area contributed by atoms with Crippen molar-refractivity contribution in [3.05, 3.63) is 29.7 Å². The minimum Gasteiger partial charge on any atom is -0.468 e. The number of esters is 1. The van der Waals surface area contributed by atoms with Crippen LogP contribution < -0.4 is 0 Å². The van der Waals surface area contributed by atoms with Gasteiger partial charge in [-0.25, -0.2) is 4.98 Å². The SMILES string of the molecule is COC(=O)CN(C)CCc1ccc2oc(C)nc2c1. The van der Waals surface area contributed by atoms with Gasteiger partial charge in [-0.1, -0.05) is 6.07 Å². The van der Waals surface area contributed by atoms with Crippen LogP contribution in [-0.4, -0.2) is 43.1 Å². The quantitative estimate of drug-likeness (QED) is 0.769. The number of fused-ring (bicyclic) bond motifs is 1. The Balaban J connectivity index is 1.95. The summed E-state index contributed by atoms with van der Waals surface area (Å²) in [5.41, 5.74) is 2.87. The van der Waals surface area contributed by atoms with Crippen molar-refractivity contribution in [1.29, 1.82) is 0 Å². The maximum atomic E-state index is 11.1. The lowest BCUT2D eigenvalue weighted by Gasteiger charge is -2.14. The third kappa shape index (κ3) is 3.54. The lowest BCUT2D eigenvalue weighted by Crippen LogP contribution is -2.28. The second-order valence-electron chi connectivity index (χ2n) is 4.60. The molecule has 0 fully saturated rings. The number of aryl methyl sites for hydroxylation is 1. The zero-order chi connectivity index (χ0) is 13.8. The molecule has 0 aliphatic carbocycles. The largest absolute Gasteiger partial charge is 0.468 e. The van der Waals surface area contributed by atoms with Crippen LogP contribution in [0, 0.1) is 6.92 Å². The molecule has 0 spiro atoms. The topological polar surface area (TPSA) is 55.6 Å². The Morgan fingerprint density at radius 1 is 1.47 bits per heavy atom. The van der Waals surface area contributed by atoms with Gasteiger partial charge in [0.2, 0.25) is 0 Å². The molecular formula is C14H18N2O3. The van der Waals surface area contributed by atoms with Crippen molar-refractivity contribution in [1.82, 2.24) is 9.88 Å². The lowest BCUT2D eigenvalue weighted by atomic mass is 10.1. The smallest absolute Gasteiger partial charge is 0.319 e. The number of carbonyl (C=O) groups is 1. The number of aromatic nitrogens is 1. The number of rotatable bonds is 5. The van der Waals surface area contributed by atoms with Gasteiger partial charge in [0.05, 0.1) is 13.7 Å². The highest BCUT2D eigenvalue weighted by Gasteiger charge is 2.07. The molecule has 0 radical (unpaired) electrons. The summed E-state index contributed by atoms with van der Waals surface area (Å²) < 4.78 is 10.1. The number of ether oxygens (including phenoxy) is 1. The summed E-state index contributed by atoms with van der Waals surface area (Å²) in [6.07, 6.45) is 0.856. The zero-order valence-electron chi connectivity index (χ0n) is 11.5. The van der Waals surface area contributed by atoms with Gasteiger partial charge in [0.1, 0.15) is 5.52 Å².